The Morgan fingerprint density at radius 3 is 2.52 bits per heavy atom. The third-order valence-electron chi connectivity index (χ3n) is 4.05. The molecule has 3 rings (SSSR count). The molecule has 0 unspecified atom stereocenters. The molecule has 1 aromatic heterocycles. The maximum absolute atomic E-state index is 11.2. The topological polar surface area (TPSA) is 41.0 Å². The fraction of sp³-hybridized carbons (Fsp3) is 0.375. The highest BCUT2D eigenvalue weighted by Gasteiger charge is 2.20. The van der Waals surface area contributed by atoms with Crippen molar-refractivity contribution in [2.24, 2.45) is 0 Å². The minimum absolute atomic E-state index is 0.127. The molecule has 0 atom stereocenters. The number of nitrogens with zero attached hydrogens (tertiary/aromatic N) is 2. The number of aromatic nitrogens is 2. The molecule has 21 heavy (non-hydrogen) atoms. The van der Waals surface area contributed by atoms with Gasteiger partial charge in [0.1, 0.15) is 0 Å². The van der Waals surface area contributed by atoms with Gasteiger partial charge < -0.3 is 4.57 Å². The Hall–Kier alpha value is -1.72. The second-order valence-electron chi connectivity index (χ2n) is 5.51. The molecule has 0 radical (unpaired) electrons. The number of nitrogens with one attached hydrogen (secondary N) is 1. The molecule has 110 valence electrons. The van der Waals surface area contributed by atoms with E-state index in [0.717, 1.165) is 32.5 Å². The van der Waals surface area contributed by atoms with Crippen LogP contribution in [0, 0.1) is 4.77 Å². The van der Waals surface area contributed by atoms with Gasteiger partial charge in [0.05, 0.1) is 0 Å². The summed E-state index contributed by atoms with van der Waals surface area (Å²) in [7, 11) is 0. The van der Waals surface area contributed by atoms with E-state index in [1.165, 1.54) is 5.56 Å². The molecule has 0 saturated carbocycles. The smallest absolute Gasteiger partial charge is 0.251 e. The molecule has 0 bridgehead atoms. The van der Waals surface area contributed by atoms with Crippen molar-refractivity contribution in [1.82, 2.24) is 14.5 Å². The standard InChI is InChI=1S/C16H19N3OS/c20-15-8-11-19(16(21)17-15)14-6-9-18(10-7-14)12-13-4-2-1-3-5-13/h1-5,8,11,14H,6-7,9-10,12H2,(H,17,20,21). The first kappa shape index (κ1) is 14.2. The van der Waals surface area contributed by atoms with Crippen molar-refractivity contribution in [1.29, 1.82) is 0 Å². The first-order valence-corrected chi connectivity index (χ1v) is 7.71. The predicted molar refractivity (Wildman–Crippen MR) is 85.9 cm³/mol. The summed E-state index contributed by atoms with van der Waals surface area (Å²) in [5.74, 6) is 0. The minimum atomic E-state index is -0.127. The summed E-state index contributed by atoms with van der Waals surface area (Å²) in [4.78, 5) is 16.4. The van der Waals surface area contributed by atoms with E-state index in [1.807, 2.05) is 16.8 Å². The first-order chi connectivity index (χ1) is 10.2. The summed E-state index contributed by atoms with van der Waals surface area (Å²) in [5, 5.41) is 0. The molecule has 1 saturated heterocycles. The third kappa shape index (κ3) is 3.49. The van der Waals surface area contributed by atoms with E-state index >= 15 is 0 Å². The lowest BCUT2D eigenvalue weighted by atomic mass is 10.0. The van der Waals surface area contributed by atoms with Gasteiger partial charge in [-0.05, 0) is 30.6 Å². The summed E-state index contributed by atoms with van der Waals surface area (Å²) in [6, 6.07) is 12.5. The van der Waals surface area contributed by atoms with Crippen molar-refractivity contribution >= 4 is 12.2 Å². The Morgan fingerprint density at radius 1 is 1.14 bits per heavy atom. The van der Waals surface area contributed by atoms with Gasteiger partial charge in [-0.1, -0.05) is 30.3 Å². The van der Waals surface area contributed by atoms with E-state index in [2.05, 4.69) is 34.1 Å². The van der Waals surface area contributed by atoms with Gasteiger partial charge in [-0.3, -0.25) is 14.7 Å². The van der Waals surface area contributed by atoms with Crippen molar-refractivity contribution < 1.29 is 0 Å². The highest BCUT2D eigenvalue weighted by atomic mass is 32.1. The molecule has 2 aromatic rings. The van der Waals surface area contributed by atoms with Crippen molar-refractivity contribution in [2.45, 2.75) is 25.4 Å². The molecule has 1 aromatic carbocycles. The molecule has 0 spiro atoms. The van der Waals surface area contributed by atoms with Gasteiger partial charge in [0.15, 0.2) is 4.77 Å². The fourth-order valence-electron chi connectivity index (χ4n) is 2.91. The van der Waals surface area contributed by atoms with Crippen molar-refractivity contribution in [3.8, 4) is 0 Å². The highest BCUT2D eigenvalue weighted by Crippen LogP contribution is 2.23. The molecule has 1 aliphatic rings. The zero-order chi connectivity index (χ0) is 14.7. The highest BCUT2D eigenvalue weighted by molar-refractivity contribution is 7.71. The number of benzene rings is 1. The van der Waals surface area contributed by atoms with Gasteiger partial charge >= 0.3 is 0 Å². The molecular formula is C16H19N3OS. The summed E-state index contributed by atoms with van der Waals surface area (Å²) in [6.07, 6.45) is 3.94. The monoisotopic (exact) mass is 301 g/mol. The zero-order valence-corrected chi connectivity index (χ0v) is 12.7. The van der Waals surface area contributed by atoms with Crippen LogP contribution in [0.1, 0.15) is 24.4 Å². The molecule has 0 amide bonds. The van der Waals surface area contributed by atoms with Crippen LogP contribution in [0.15, 0.2) is 47.4 Å². The zero-order valence-electron chi connectivity index (χ0n) is 11.9. The van der Waals surface area contributed by atoms with Crippen molar-refractivity contribution in [3.05, 3.63) is 63.3 Å². The van der Waals surface area contributed by atoms with Gasteiger partial charge in [-0.2, -0.15) is 0 Å². The molecule has 5 heteroatoms. The minimum Gasteiger partial charge on any atom is -0.322 e. The van der Waals surface area contributed by atoms with Gasteiger partial charge in [-0.25, -0.2) is 0 Å². The number of likely N-dealkylation sites (tertiary alicyclic amines) is 1. The van der Waals surface area contributed by atoms with Crippen LogP contribution in [0.25, 0.3) is 0 Å². The Kier molecular flexibility index (Phi) is 4.31. The van der Waals surface area contributed by atoms with Crippen molar-refractivity contribution in [3.63, 3.8) is 0 Å². The SMILES string of the molecule is O=c1ccn(C2CCN(Cc3ccccc3)CC2)c(=S)[nH]1. The Labute approximate surface area is 129 Å². The Morgan fingerprint density at radius 2 is 1.86 bits per heavy atom. The average Bonchev–Trinajstić information content (AvgIpc) is 2.49. The number of piperidine rings is 1. The first-order valence-electron chi connectivity index (χ1n) is 7.30. The molecular weight excluding hydrogens is 282 g/mol. The summed E-state index contributed by atoms with van der Waals surface area (Å²) >= 11 is 5.25. The second kappa shape index (κ2) is 6.37. The van der Waals surface area contributed by atoms with Crippen LogP contribution in [0.2, 0.25) is 0 Å². The molecule has 1 N–H and O–H groups in total. The maximum Gasteiger partial charge on any atom is 0.251 e. The van der Waals surface area contributed by atoms with E-state index in [4.69, 9.17) is 12.2 Å². The van der Waals surface area contributed by atoms with E-state index in [9.17, 15) is 4.79 Å². The summed E-state index contributed by atoms with van der Waals surface area (Å²) < 4.78 is 2.56. The van der Waals surface area contributed by atoms with Crippen LogP contribution >= 0.6 is 12.2 Å². The molecule has 1 aliphatic heterocycles. The lowest BCUT2D eigenvalue weighted by Crippen LogP contribution is -2.34. The van der Waals surface area contributed by atoms with E-state index in [1.54, 1.807) is 6.07 Å². The van der Waals surface area contributed by atoms with E-state index < -0.39 is 0 Å². The summed E-state index contributed by atoms with van der Waals surface area (Å²) in [6.45, 7) is 3.12. The summed E-state index contributed by atoms with van der Waals surface area (Å²) in [5.41, 5.74) is 1.23. The van der Waals surface area contributed by atoms with Gasteiger partial charge in [0.2, 0.25) is 0 Å². The lowest BCUT2D eigenvalue weighted by molar-refractivity contribution is 0.178. The van der Waals surface area contributed by atoms with Crippen LogP contribution in [0.4, 0.5) is 0 Å². The number of H-pyrrole nitrogens is 1. The Bertz CT molecular complexity index is 699. The van der Waals surface area contributed by atoms with Crippen LogP contribution in [0.5, 0.6) is 0 Å². The normalized spacial score (nSPS) is 17.0. The van der Waals surface area contributed by atoms with Gasteiger partial charge in [0, 0.05) is 37.9 Å². The van der Waals surface area contributed by atoms with Gasteiger partial charge in [-0.15, -0.1) is 0 Å². The van der Waals surface area contributed by atoms with E-state index in [-0.39, 0.29) is 5.56 Å². The number of rotatable bonds is 3. The second-order valence-corrected chi connectivity index (χ2v) is 5.90. The molecule has 1 fully saturated rings. The maximum atomic E-state index is 11.2. The van der Waals surface area contributed by atoms with Gasteiger partial charge in [0.25, 0.3) is 5.56 Å². The largest absolute Gasteiger partial charge is 0.322 e. The lowest BCUT2D eigenvalue weighted by Gasteiger charge is -2.33. The third-order valence-corrected chi connectivity index (χ3v) is 4.36. The number of aromatic amines is 1. The molecule has 0 aliphatic carbocycles. The van der Waals surface area contributed by atoms with Crippen LogP contribution < -0.4 is 5.56 Å². The molecule has 2 heterocycles. The predicted octanol–water partition coefficient (Wildman–Crippen LogP) is 2.74. The average molecular weight is 301 g/mol. The van der Waals surface area contributed by atoms with Crippen LogP contribution in [0.3, 0.4) is 0 Å². The van der Waals surface area contributed by atoms with Crippen LogP contribution in [-0.2, 0) is 6.54 Å². The molecule has 4 nitrogen and oxygen atoms in total. The van der Waals surface area contributed by atoms with Crippen molar-refractivity contribution in [2.75, 3.05) is 13.1 Å². The van der Waals surface area contributed by atoms with E-state index in [0.29, 0.717) is 10.8 Å². The quantitative estimate of drug-likeness (QED) is 0.886. The fourth-order valence-corrected chi connectivity index (χ4v) is 3.22. The van der Waals surface area contributed by atoms with Crippen LogP contribution in [-0.4, -0.2) is 27.5 Å². The Balaban J connectivity index is 1.62. The number of hydrogen-bond acceptors (Lipinski definition) is 3. The number of hydrogen-bond donors (Lipinski definition) is 1.